The SMILES string of the molecule is CC(Oc1cnc(-c2cccc(Cl)c2)c2ncnc(N)c12)c1ncn(C(F)F)n1. The molecule has 4 rings (SSSR count). The van der Waals surface area contributed by atoms with E-state index in [1.54, 1.807) is 25.1 Å². The van der Waals surface area contributed by atoms with Gasteiger partial charge in [-0.3, -0.25) is 4.98 Å². The van der Waals surface area contributed by atoms with Gasteiger partial charge in [-0.1, -0.05) is 23.7 Å². The van der Waals surface area contributed by atoms with E-state index in [-0.39, 0.29) is 17.4 Å². The number of ether oxygens (including phenoxy) is 1. The normalized spacial score (nSPS) is 12.4. The summed E-state index contributed by atoms with van der Waals surface area (Å²) in [5.74, 6) is 0.562. The zero-order chi connectivity index (χ0) is 20.5. The third-order valence-electron chi connectivity index (χ3n) is 4.15. The van der Waals surface area contributed by atoms with Gasteiger partial charge in [0.25, 0.3) is 0 Å². The van der Waals surface area contributed by atoms with Crippen LogP contribution >= 0.6 is 11.6 Å². The number of alkyl halides is 2. The molecule has 0 saturated heterocycles. The van der Waals surface area contributed by atoms with Crippen LogP contribution in [0.15, 0.2) is 43.1 Å². The molecule has 0 radical (unpaired) electrons. The Balaban J connectivity index is 1.76. The first-order valence-electron chi connectivity index (χ1n) is 8.45. The topological polar surface area (TPSA) is 105 Å². The van der Waals surface area contributed by atoms with Gasteiger partial charge in [0.05, 0.1) is 17.3 Å². The fourth-order valence-electron chi connectivity index (χ4n) is 2.82. The van der Waals surface area contributed by atoms with Crippen LogP contribution in [0.25, 0.3) is 22.2 Å². The molecule has 0 spiro atoms. The van der Waals surface area contributed by atoms with Crippen LogP contribution in [0, 0.1) is 0 Å². The summed E-state index contributed by atoms with van der Waals surface area (Å²) in [6.07, 6.45) is 3.00. The summed E-state index contributed by atoms with van der Waals surface area (Å²) in [6.45, 7) is -1.16. The van der Waals surface area contributed by atoms with Crippen molar-refractivity contribution in [2.75, 3.05) is 5.73 Å². The van der Waals surface area contributed by atoms with E-state index in [9.17, 15) is 8.78 Å². The lowest BCUT2D eigenvalue weighted by atomic mass is 10.1. The van der Waals surface area contributed by atoms with E-state index >= 15 is 0 Å². The number of anilines is 1. The summed E-state index contributed by atoms with van der Waals surface area (Å²) in [5, 5.41) is 4.71. The number of nitrogens with zero attached hydrogens (tertiary/aromatic N) is 6. The van der Waals surface area contributed by atoms with Crippen molar-refractivity contribution < 1.29 is 13.5 Å². The average molecular weight is 418 g/mol. The van der Waals surface area contributed by atoms with Gasteiger partial charge in [0.15, 0.2) is 17.7 Å². The van der Waals surface area contributed by atoms with Crippen LogP contribution in [0.1, 0.15) is 25.4 Å². The van der Waals surface area contributed by atoms with Crippen molar-refractivity contribution in [2.24, 2.45) is 0 Å². The molecule has 29 heavy (non-hydrogen) atoms. The molecule has 2 N–H and O–H groups in total. The molecule has 1 unspecified atom stereocenters. The Morgan fingerprint density at radius 2 is 2.00 bits per heavy atom. The van der Waals surface area contributed by atoms with Gasteiger partial charge >= 0.3 is 6.55 Å². The van der Waals surface area contributed by atoms with Gasteiger partial charge < -0.3 is 10.5 Å². The summed E-state index contributed by atoms with van der Waals surface area (Å²) in [6, 6.07) is 7.15. The molecule has 0 aliphatic rings. The third kappa shape index (κ3) is 3.66. The first kappa shape index (κ1) is 18.9. The molecule has 0 aliphatic heterocycles. The van der Waals surface area contributed by atoms with Gasteiger partial charge in [0.2, 0.25) is 0 Å². The van der Waals surface area contributed by atoms with E-state index in [1.165, 1.54) is 12.5 Å². The van der Waals surface area contributed by atoms with Crippen LogP contribution in [0.5, 0.6) is 5.75 Å². The number of hydrogen-bond donors (Lipinski definition) is 1. The van der Waals surface area contributed by atoms with Crippen molar-refractivity contribution in [2.45, 2.75) is 19.6 Å². The first-order valence-corrected chi connectivity index (χ1v) is 8.83. The van der Waals surface area contributed by atoms with Crippen LogP contribution in [0.4, 0.5) is 14.6 Å². The third-order valence-corrected chi connectivity index (χ3v) is 4.38. The Morgan fingerprint density at radius 1 is 1.17 bits per heavy atom. The molecular formula is C18H14ClF2N7O. The molecule has 3 aromatic heterocycles. The molecule has 0 saturated carbocycles. The predicted molar refractivity (Wildman–Crippen MR) is 103 cm³/mol. The van der Waals surface area contributed by atoms with Gasteiger partial charge in [-0.25, -0.2) is 15.0 Å². The molecule has 0 amide bonds. The lowest BCUT2D eigenvalue weighted by Crippen LogP contribution is -2.09. The Kier molecular flexibility index (Phi) is 4.93. The number of hydrogen-bond acceptors (Lipinski definition) is 7. The minimum Gasteiger partial charge on any atom is -0.480 e. The Bertz CT molecular complexity index is 1180. The summed E-state index contributed by atoms with van der Waals surface area (Å²) >= 11 is 6.09. The monoisotopic (exact) mass is 417 g/mol. The minimum absolute atomic E-state index is 0.0905. The Morgan fingerprint density at radius 3 is 2.72 bits per heavy atom. The number of rotatable bonds is 5. The largest absolute Gasteiger partial charge is 0.480 e. The quantitative estimate of drug-likeness (QED) is 0.522. The second kappa shape index (κ2) is 7.55. The van der Waals surface area contributed by atoms with E-state index in [4.69, 9.17) is 22.1 Å². The van der Waals surface area contributed by atoms with Gasteiger partial charge in [-0.2, -0.15) is 13.5 Å². The van der Waals surface area contributed by atoms with E-state index < -0.39 is 12.7 Å². The fourth-order valence-corrected chi connectivity index (χ4v) is 3.01. The summed E-state index contributed by atoms with van der Waals surface area (Å²) in [7, 11) is 0. The standard InChI is InChI=1S/C18H14ClF2N7O/c1-9(17-26-8-28(27-17)18(20)21)29-12-6-23-14(10-3-2-4-11(19)5-10)15-13(12)16(22)25-7-24-15/h2-9,18H,1H3,(H2,22,24,25). The molecule has 0 fully saturated rings. The van der Waals surface area contributed by atoms with Crippen LogP contribution in [-0.4, -0.2) is 29.7 Å². The summed E-state index contributed by atoms with van der Waals surface area (Å²) < 4.78 is 31.8. The van der Waals surface area contributed by atoms with Gasteiger partial charge in [-0.05, 0) is 19.1 Å². The number of halogens is 3. The van der Waals surface area contributed by atoms with Crippen LogP contribution < -0.4 is 10.5 Å². The zero-order valence-corrected chi connectivity index (χ0v) is 15.8. The fraction of sp³-hybridized carbons (Fsp3) is 0.167. The van der Waals surface area contributed by atoms with Crippen LogP contribution in [0.3, 0.4) is 0 Å². The molecule has 4 aromatic rings. The van der Waals surface area contributed by atoms with Gasteiger partial charge in [-0.15, -0.1) is 5.10 Å². The number of aromatic nitrogens is 6. The Hall–Kier alpha value is -3.40. The smallest absolute Gasteiger partial charge is 0.334 e. The van der Waals surface area contributed by atoms with E-state index in [2.05, 4.69) is 25.0 Å². The van der Waals surface area contributed by atoms with Gasteiger partial charge in [0, 0.05) is 10.6 Å². The van der Waals surface area contributed by atoms with Crippen molar-refractivity contribution in [3.63, 3.8) is 0 Å². The molecule has 1 aromatic carbocycles. The van der Waals surface area contributed by atoms with E-state index in [0.717, 1.165) is 11.9 Å². The van der Waals surface area contributed by atoms with Crippen molar-refractivity contribution in [1.82, 2.24) is 29.7 Å². The number of nitrogens with two attached hydrogens (primary N) is 1. The van der Waals surface area contributed by atoms with Crippen molar-refractivity contribution in [3.8, 4) is 17.0 Å². The molecule has 0 bridgehead atoms. The maximum Gasteiger partial charge on any atom is 0.334 e. The number of nitrogen functional groups attached to an aromatic ring is 1. The predicted octanol–water partition coefficient (Wildman–Crippen LogP) is 4.05. The maximum absolute atomic E-state index is 12.7. The highest BCUT2D eigenvalue weighted by Crippen LogP contribution is 2.36. The molecule has 8 nitrogen and oxygen atoms in total. The zero-order valence-electron chi connectivity index (χ0n) is 15.0. The molecule has 11 heteroatoms. The van der Waals surface area contributed by atoms with Crippen molar-refractivity contribution >= 4 is 28.3 Å². The summed E-state index contributed by atoms with van der Waals surface area (Å²) in [4.78, 5) is 16.6. The Labute approximate surface area is 168 Å². The second-order valence-electron chi connectivity index (χ2n) is 6.08. The van der Waals surface area contributed by atoms with E-state index in [0.29, 0.717) is 26.3 Å². The first-order chi connectivity index (χ1) is 13.9. The maximum atomic E-state index is 12.7. The number of benzene rings is 1. The highest BCUT2D eigenvalue weighted by molar-refractivity contribution is 6.30. The lowest BCUT2D eigenvalue weighted by Gasteiger charge is -2.15. The molecule has 1 atom stereocenters. The molecular weight excluding hydrogens is 404 g/mol. The highest BCUT2D eigenvalue weighted by Gasteiger charge is 2.20. The molecule has 148 valence electrons. The summed E-state index contributed by atoms with van der Waals surface area (Å²) in [5.41, 5.74) is 7.84. The van der Waals surface area contributed by atoms with Crippen molar-refractivity contribution in [1.29, 1.82) is 0 Å². The van der Waals surface area contributed by atoms with Gasteiger partial charge in [0.1, 0.15) is 24.0 Å². The second-order valence-corrected chi connectivity index (χ2v) is 6.52. The minimum atomic E-state index is -2.79. The van der Waals surface area contributed by atoms with E-state index in [1.807, 2.05) is 6.07 Å². The highest BCUT2D eigenvalue weighted by atomic mass is 35.5. The molecule has 0 aliphatic carbocycles. The van der Waals surface area contributed by atoms with Crippen LogP contribution in [-0.2, 0) is 0 Å². The average Bonchev–Trinajstić information content (AvgIpc) is 3.19. The number of fused-ring (bicyclic) bond motifs is 1. The van der Waals surface area contributed by atoms with Crippen molar-refractivity contribution in [3.05, 3.63) is 54.0 Å². The van der Waals surface area contributed by atoms with Crippen LogP contribution in [0.2, 0.25) is 5.02 Å². The molecule has 3 heterocycles. The number of pyridine rings is 1. The lowest BCUT2D eigenvalue weighted by molar-refractivity contribution is 0.0550.